The fourth-order valence-corrected chi connectivity index (χ4v) is 2.71. The molecule has 1 aromatic rings. The Bertz CT molecular complexity index is 513. The van der Waals surface area contributed by atoms with Gasteiger partial charge < -0.3 is 10.2 Å². The van der Waals surface area contributed by atoms with Gasteiger partial charge in [0.05, 0.1) is 6.04 Å². The first-order valence-electron chi connectivity index (χ1n) is 6.27. The molecule has 8 heteroatoms. The Morgan fingerprint density at radius 1 is 1.47 bits per heavy atom. The first-order valence-corrected chi connectivity index (χ1v) is 7.04. The van der Waals surface area contributed by atoms with Crippen molar-refractivity contribution in [3.63, 3.8) is 0 Å². The van der Waals surface area contributed by atoms with Gasteiger partial charge in [-0.05, 0) is 12.8 Å². The van der Waals surface area contributed by atoms with E-state index in [2.05, 4.69) is 20.0 Å². The van der Waals surface area contributed by atoms with Crippen LogP contribution in [0.2, 0.25) is 0 Å². The number of anilines is 1. The Morgan fingerprint density at radius 3 is 2.89 bits per heavy atom. The van der Waals surface area contributed by atoms with Crippen LogP contribution in [0.3, 0.4) is 0 Å². The predicted molar refractivity (Wildman–Crippen MR) is 70.1 cm³/mol. The number of hydrogen-bond donors (Lipinski definition) is 2. The lowest BCUT2D eigenvalue weighted by molar-refractivity contribution is -0.126. The van der Waals surface area contributed by atoms with E-state index < -0.39 is 0 Å². The molecule has 1 atom stereocenters. The Labute approximate surface area is 114 Å². The highest BCUT2D eigenvalue weighted by atomic mass is 32.1. The maximum Gasteiger partial charge on any atom is 0.321 e. The first kappa shape index (κ1) is 12.3. The van der Waals surface area contributed by atoms with E-state index in [0.29, 0.717) is 24.0 Å². The molecular formula is C11H15N5O2S. The van der Waals surface area contributed by atoms with Crippen molar-refractivity contribution in [1.82, 2.24) is 19.6 Å². The normalized spacial score (nSPS) is 22.7. The summed E-state index contributed by atoms with van der Waals surface area (Å²) in [5.74, 6) is 1.37. The molecule has 1 saturated carbocycles. The highest BCUT2D eigenvalue weighted by molar-refractivity contribution is 7.09. The minimum atomic E-state index is -0.327. The van der Waals surface area contributed by atoms with Crippen LogP contribution in [-0.4, -0.2) is 45.8 Å². The minimum Gasteiger partial charge on any atom is -0.344 e. The van der Waals surface area contributed by atoms with Crippen molar-refractivity contribution in [3.05, 3.63) is 5.82 Å². The summed E-state index contributed by atoms with van der Waals surface area (Å²) in [6.07, 6.45) is 2.63. The lowest BCUT2D eigenvalue weighted by Crippen LogP contribution is -2.39. The van der Waals surface area contributed by atoms with Crippen molar-refractivity contribution in [1.29, 1.82) is 0 Å². The van der Waals surface area contributed by atoms with Crippen LogP contribution >= 0.6 is 11.5 Å². The molecule has 2 heterocycles. The first-order chi connectivity index (χ1) is 9.11. The zero-order chi connectivity index (χ0) is 13.4. The van der Waals surface area contributed by atoms with Crippen LogP contribution in [0.15, 0.2) is 0 Å². The second kappa shape index (κ2) is 4.76. The maximum atomic E-state index is 11.8. The van der Waals surface area contributed by atoms with E-state index in [-0.39, 0.29) is 18.0 Å². The van der Waals surface area contributed by atoms with Gasteiger partial charge in [-0.1, -0.05) is 0 Å². The van der Waals surface area contributed by atoms with Crippen molar-refractivity contribution in [3.8, 4) is 0 Å². The number of rotatable bonds is 3. The monoisotopic (exact) mass is 281 g/mol. The van der Waals surface area contributed by atoms with Crippen molar-refractivity contribution >= 4 is 28.6 Å². The molecule has 0 radical (unpaired) electrons. The van der Waals surface area contributed by atoms with Crippen LogP contribution in [0.4, 0.5) is 9.93 Å². The molecule has 2 fully saturated rings. The number of nitrogens with zero attached hydrogens (tertiary/aromatic N) is 3. The van der Waals surface area contributed by atoms with Crippen molar-refractivity contribution in [2.75, 3.05) is 18.9 Å². The Morgan fingerprint density at radius 2 is 2.26 bits per heavy atom. The molecule has 1 saturated heterocycles. The average Bonchev–Trinajstić information content (AvgIpc) is 3.02. The molecule has 2 N–H and O–H groups in total. The van der Waals surface area contributed by atoms with Crippen LogP contribution in [0.5, 0.6) is 0 Å². The zero-order valence-corrected chi connectivity index (χ0v) is 11.4. The molecular weight excluding hydrogens is 266 g/mol. The Kier molecular flexibility index (Phi) is 3.09. The van der Waals surface area contributed by atoms with Crippen molar-refractivity contribution < 1.29 is 9.59 Å². The number of likely N-dealkylation sites (N-methyl/N-ethyl adjacent to an activating group) is 1. The number of likely N-dealkylation sites (tertiary alicyclic amines) is 1. The summed E-state index contributed by atoms with van der Waals surface area (Å²) < 4.78 is 4.21. The van der Waals surface area contributed by atoms with Gasteiger partial charge >= 0.3 is 6.03 Å². The summed E-state index contributed by atoms with van der Waals surface area (Å²) in [6.45, 7) is 0.551. The van der Waals surface area contributed by atoms with E-state index in [0.717, 1.165) is 18.7 Å². The lowest BCUT2D eigenvalue weighted by atomic mass is 10.3. The van der Waals surface area contributed by atoms with Gasteiger partial charge in [-0.3, -0.25) is 10.1 Å². The van der Waals surface area contributed by atoms with E-state index in [1.54, 1.807) is 11.9 Å². The molecule has 19 heavy (non-hydrogen) atoms. The average molecular weight is 281 g/mol. The molecule has 0 bridgehead atoms. The van der Waals surface area contributed by atoms with Gasteiger partial charge in [0.2, 0.25) is 11.0 Å². The molecule has 1 aliphatic carbocycles. The SMILES string of the molecule is CN1C[C@H](NC(=O)Nc2nc(C3CC3)ns2)CC1=O. The second-order valence-electron chi connectivity index (χ2n) is 5.01. The van der Waals surface area contributed by atoms with Crippen LogP contribution in [-0.2, 0) is 4.79 Å². The smallest absolute Gasteiger partial charge is 0.321 e. The van der Waals surface area contributed by atoms with Gasteiger partial charge in [0.15, 0.2) is 0 Å². The molecule has 1 aromatic heterocycles. The van der Waals surface area contributed by atoms with Gasteiger partial charge in [0.25, 0.3) is 0 Å². The number of amides is 3. The number of hydrogen-bond acceptors (Lipinski definition) is 5. The third-order valence-electron chi connectivity index (χ3n) is 3.28. The van der Waals surface area contributed by atoms with Crippen LogP contribution in [0.1, 0.15) is 31.0 Å². The molecule has 0 spiro atoms. The van der Waals surface area contributed by atoms with E-state index in [4.69, 9.17) is 0 Å². The number of carbonyl (C=O) groups is 2. The zero-order valence-electron chi connectivity index (χ0n) is 10.5. The predicted octanol–water partition coefficient (Wildman–Crippen LogP) is 0.768. The van der Waals surface area contributed by atoms with Crippen molar-refractivity contribution in [2.24, 2.45) is 0 Å². The van der Waals surface area contributed by atoms with Gasteiger partial charge in [-0.2, -0.15) is 4.37 Å². The van der Waals surface area contributed by atoms with Gasteiger partial charge in [0.1, 0.15) is 5.82 Å². The van der Waals surface area contributed by atoms with Crippen LogP contribution < -0.4 is 10.6 Å². The fraction of sp³-hybridized carbons (Fsp3) is 0.636. The number of nitrogens with one attached hydrogen (secondary N) is 2. The molecule has 0 unspecified atom stereocenters. The topological polar surface area (TPSA) is 87.2 Å². The number of carbonyl (C=O) groups excluding carboxylic acids is 2. The van der Waals surface area contributed by atoms with E-state index in [1.807, 2.05) is 0 Å². The second-order valence-corrected chi connectivity index (χ2v) is 5.76. The summed E-state index contributed by atoms with van der Waals surface area (Å²) in [6, 6.07) is -0.458. The van der Waals surface area contributed by atoms with Gasteiger partial charge in [-0.15, -0.1) is 0 Å². The Balaban J connectivity index is 1.51. The summed E-state index contributed by atoms with van der Waals surface area (Å²) in [5.41, 5.74) is 0. The number of aromatic nitrogens is 2. The molecule has 0 aromatic carbocycles. The van der Waals surface area contributed by atoms with E-state index >= 15 is 0 Å². The summed E-state index contributed by atoms with van der Waals surface area (Å²) in [5, 5.41) is 5.95. The molecule has 102 valence electrons. The quantitative estimate of drug-likeness (QED) is 0.856. The molecule has 1 aliphatic heterocycles. The molecule has 3 amide bonds. The minimum absolute atomic E-state index is 0.0530. The number of urea groups is 1. The van der Waals surface area contributed by atoms with Crippen molar-refractivity contribution in [2.45, 2.75) is 31.2 Å². The molecule has 7 nitrogen and oxygen atoms in total. The lowest BCUT2D eigenvalue weighted by Gasteiger charge is -2.11. The van der Waals surface area contributed by atoms with E-state index in [9.17, 15) is 9.59 Å². The Hall–Kier alpha value is -1.70. The maximum absolute atomic E-state index is 11.8. The standard InChI is InChI=1S/C11H15N5O2S/c1-16-5-7(4-8(16)17)12-10(18)14-11-13-9(15-19-11)6-2-3-6/h6-7H,2-5H2,1H3,(H2,12,13,14,15,18)/t7-/m1/s1. The molecule has 2 aliphatic rings. The summed E-state index contributed by atoms with van der Waals surface area (Å²) in [7, 11) is 1.73. The highest BCUT2D eigenvalue weighted by Crippen LogP contribution is 2.39. The van der Waals surface area contributed by atoms with Crippen LogP contribution in [0, 0.1) is 0 Å². The van der Waals surface area contributed by atoms with Gasteiger partial charge in [-0.25, -0.2) is 9.78 Å². The third-order valence-corrected chi connectivity index (χ3v) is 3.93. The fourth-order valence-electron chi connectivity index (χ4n) is 2.07. The highest BCUT2D eigenvalue weighted by Gasteiger charge is 2.29. The third kappa shape index (κ3) is 2.83. The summed E-state index contributed by atoms with van der Waals surface area (Å²) >= 11 is 1.19. The van der Waals surface area contributed by atoms with E-state index in [1.165, 1.54) is 11.5 Å². The summed E-state index contributed by atoms with van der Waals surface area (Å²) in [4.78, 5) is 29.0. The largest absolute Gasteiger partial charge is 0.344 e. The van der Waals surface area contributed by atoms with Gasteiger partial charge in [0, 0.05) is 37.5 Å². The molecule has 3 rings (SSSR count). The van der Waals surface area contributed by atoms with Crippen LogP contribution in [0.25, 0.3) is 0 Å².